The molecule has 0 saturated heterocycles. The number of amides is 1. The largest absolute Gasteiger partial charge is 0.349 e. The quantitative estimate of drug-likeness (QED) is 0.793. The van der Waals surface area contributed by atoms with E-state index in [1.807, 2.05) is 25.1 Å². The van der Waals surface area contributed by atoms with Gasteiger partial charge in [0.2, 0.25) is 0 Å². The molecule has 1 saturated carbocycles. The number of carbonyl (C=O) groups is 1. The molecule has 1 aromatic rings. The monoisotopic (exact) mass is 256 g/mol. The summed E-state index contributed by atoms with van der Waals surface area (Å²) in [5.41, 5.74) is 8.20. The lowest BCUT2D eigenvalue weighted by Crippen LogP contribution is -2.28. The Hall–Kier alpha value is -1.79. The number of benzene rings is 1. The second kappa shape index (κ2) is 5.07. The average Bonchev–Trinajstić information content (AvgIpc) is 2.95. The Kier molecular flexibility index (Phi) is 3.64. The molecule has 0 spiro atoms. The number of nitrogens with two attached hydrogens (primary N) is 1. The van der Waals surface area contributed by atoms with Crippen LogP contribution in [0.2, 0.25) is 0 Å². The normalized spacial score (nSPS) is 19.3. The number of nitrogens with one attached hydrogen (secondary N) is 1. The Labute approximate surface area is 114 Å². The van der Waals surface area contributed by atoms with Crippen LogP contribution in [0.4, 0.5) is 0 Å². The summed E-state index contributed by atoms with van der Waals surface area (Å²) in [6.07, 6.45) is 1.05. The summed E-state index contributed by atoms with van der Waals surface area (Å²) in [6, 6.07) is 5.89. The number of aryl methyl sites for hydroxylation is 1. The Morgan fingerprint density at radius 1 is 1.53 bits per heavy atom. The van der Waals surface area contributed by atoms with Crippen LogP contribution in [0.25, 0.3) is 0 Å². The summed E-state index contributed by atoms with van der Waals surface area (Å²) < 4.78 is 0. The van der Waals surface area contributed by atoms with E-state index in [2.05, 4.69) is 31.0 Å². The maximum atomic E-state index is 12.1. The van der Waals surface area contributed by atoms with Crippen LogP contribution in [0.15, 0.2) is 18.2 Å². The zero-order valence-corrected chi connectivity index (χ0v) is 11.7. The highest BCUT2D eigenvalue weighted by Gasteiger charge is 2.46. The summed E-state index contributed by atoms with van der Waals surface area (Å²) in [5.74, 6) is 5.80. The molecule has 3 nitrogen and oxygen atoms in total. The van der Waals surface area contributed by atoms with Crippen LogP contribution in [0, 0.1) is 24.2 Å². The van der Waals surface area contributed by atoms with E-state index in [1.54, 1.807) is 0 Å². The zero-order chi connectivity index (χ0) is 14.0. The molecule has 1 aliphatic rings. The topological polar surface area (TPSA) is 55.1 Å². The van der Waals surface area contributed by atoms with Crippen molar-refractivity contribution in [2.75, 3.05) is 6.54 Å². The maximum Gasteiger partial charge on any atom is 0.251 e. The number of hydrogen-bond donors (Lipinski definition) is 2. The van der Waals surface area contributed by atoms with Gasteiger partial charge in [0.05, 0.1) is 6.54 Å². The molecule has 1 aliphatic carbocycles. The van der Waals surface area contributed by atoms with Crippen molar-refractivity contribution in [3.05, 3.63) is 34.9 Å². The molecule has 1 unspecified atom stereocenters. The van der Waals surface area contributed by atoms with Gasteiger partial charge in [-0.15, -0.1) is 0 Å². The smallest absolute Gasteiger partial charge is 0.251 e. The van der Waals surface area contributed by atoms with Gasteiger partial charge in [-0.05, 0) is 36.5 Å². The highest BCUT2D eigenvalue weighted by molar-refractivity contribution is 5.95. The van der Waals surface area contributed by atoms with Crippen LogP contribution < -0.4 is 11.1 Å². The molecular weight excluding hydrogens is 236 g/mol. The van der Waals surface area contributed by atoms with Crippen LogP contribution in [0.1, 0.15) is 41.8 Å². The molecule has 3 heteroatoms. The highest BCUT2D eigenvalue weighted by Crippen LogP contribution is 2.44. The van der Waals surface area contributed by atoms with Crippen molar-refractivity contribution in [2.24, 2.45) is 11.1 Å². The molecular formula is C16H20N2O. The Morgan fingerprint density at radius 2 is 2.21 bits per heavy atom. The third-order valence-corrected chi connectivity index (χ3v) is 3.64. The average molecular weight is 256 g/mol. The minimum Gasteiger partial charge on any atom is -0.349 e. The zero-order valence-electron chi connectivity index (χ0n) is 11.7. The van der Waals surface area contributed by atoms with Crippen molar-refractivity contribution in [2.45, 2.75) is 33.2 Å². The van der Waals surface area contributed by atoms with E-state index in [-0.39, 0.29) is 11.3 Å². The van der Waals surface area contributed by atoms with Gasteiger partial charge in [0, 0.05) is 17.2 Å². The second-order valence-corrected chi connectivity index (χ2v) is 5.75. The molecule has 1 aromatic carbocycles. The lowest BCUT2D eigenvalue weighted by atomic mass is 10.0. The molecule has 0 aliphatic heterocycles. The van der Waals surface area contributed by atoms with Crippen LogP contribution in [-0.4, -0.2) is 18.5 Å². The minimum absolute atomic E-state index is 0.0219. The number of rotatable bonds is 2. The van der Waals surface area contributed by atoms with Gasteiger partial charge in [-0.2, -0.15) is 0 Å². The highest BCUT2D eigenvalue weighted by atomic mass is 16.1. The minimum atomic E-state index is -0.0219. The summed E-state index contributed by atoms with van der Waals surface area (Å²) in [4.78, 5) is 12.1. The van der Waals surface area contributed by atoms with Crippen molar-refractivity contribution >= 4 is 5.91 Å². The van der Waals surface area contributed by atoms with Gasteiger partial charge >= 0.3 is 0 Å². The van der Waals surface area contributed by atoms with Gasteiger partial charge in [-0.25, -0.2) is 0 Å². The van der Waals surface area contributed by atoms with E-state index in [0.717, 1.165) is 17.5 Å². The molecule has 19 heavy (non-hydrogen) atoms. The first-order valence-electron chi connectivity index (χ1n) is 6.54. The molecule has 1 amide bonds. The summed E-state index contributed by atoms with van der Waals surface area (Å²) in [5, 5.41) is 3.05. The van der Waals surface area contributed by atoms with Crippen LogP contribution in [0.3, 0.4) is 0 Å². The van der Waals surface area contributed by atoms with Crippen LogP contribution in [0.5, 0.6) is 0 Å². The lowest BCUT2D eigenvalue weighted by molar-refractivity contribution is 0.0946. The molecule has 0 bridgehead atoms. The maximum absolute atomic E-state index is 12.1. The van der Waals surface area contributed by atoms with Crippen molar-refractivity contribution in [1.82, 2.24) is 5.32 Å². The van der Waals surface area contributed by atoms with Crippen molar-refractivity contribution < 1.29 is 4.79 Å². The molecule has 0 heterocycles. The van der Waals surface area contributed by atoms with Crippen molar-refractivity contribution in [3.63, 3.8) is 0 Å². The Bertz CT molecular complexity index is 564. The lowest BCUT2D eigenvalue weighted by Gasteiger charge is -2.08. The fourth-order valence-electron chi connectivity index (χ4n) is 2.00. The third-order valence-electron chi connectivity index (χ3n) is 3.64. The third kappa shape index (κ3) is 3.15. The number of carbonyl (C=O) groups excluding carboxylic acids is 1. The first-order chi connectivity index (χ1) is 8.94. The van der Waals surface area contributed by atoms with E-state index < -0.39 is 0 Å². The Morgan fingerprint density at radius 3 is 2.79 bits per heavy atom. The summed E-state index contributed by atoms with van der Waals surface area (Å²) >= 11 is 0. The molecule has 0 aromatic heterocycles. The van der Waals surface area contributed by atoms with Gasteiger partial charge in [-0.1, -0.05) is 31.8 Å². The van der Waals surface area contributed by atoms with Crippen molar-refractivity contribution in [3.8, 4) is 11.8 Å². The van der Waals surface area contributed by atoms with Gasteiger partial charge in [-0.3, -0.25) is 4.79 Å². The molecule has 3 N–H and O–H groups in total. The van der Waals surface area contributed by atoms with Gasteiger partial charge in [0.25, 0.3) is 5.91 Å². The SMILES string of the molecule is Cc1ccc(C(=O)NC2CC2(C)C)cc1C#CCN. The molecule has 1 atom stereocenters. The van der Waals surface area contributed by atoms with Crippen LogP contribution >= 0.6 is 0 Å². The molecule has 0 radical (unpaired) electrons. The second-order valence-electron chi connectivity index (χ2n) is 5.75. The standard InChI is InChI=1S/C16H20N2O/c1-11-6-7-13(9-12(11)5-4-8-17)15(19)18-14-10-16(14,2)3/h6-7,9,14H,8,10,17H2,1-3H3,(H,18,19). The van der Waals surface area contributed by atoms with Crippen molar-refractivity contribution in [1.29, 1.82) is 0 Å². The van der Waals surface area contributed by atoms with Crippen LogP contribution in [-0.2, 0) is 0 Å². The first-order valence-corrected chi connectivity index (χ1v) is 6.54. The predicted octanol–water partition coefficient (Wildman–Crippen LogP) is 1.83. The van der Waals surface area contributed by atoms with E-state index >= 15 is 0 Å². The summed E-state index contributed by atoms with van der Waals surface area (Å²) in [7, 11) is 0. The van der Waals surface area contributed by atoms with Gasteiger partial charge < -0.3 is 11.1 Å². The molecule has 2 rings (SSSR count). The molecule has 100 valence electrons. The fraction of sp³-hybridized carbons (Fsp3) is 0.438. The fourth-order valence-corrected chi connectivity index (χ4v) is 2.00. The number of hydrogen-bond acceptors (Lipinski definition) is 2. The first kappa shape index (κ1) is 13.6. The van der Waals surface area contributed by atoms with E-state index in [1.165, 1.54) is 0 Å². The van der Waals surface area contributed by atoms with Gasteiger partial charge in [0.15, 0.2) is 0 Å². The van der Waals surface area contributed by atoms with E-state index in [0.29, 0.717) is 18.2 Å². The van der Waals surface area contributed by atoms with E-state index in [4.69, 9.17) is 5.73 Å². The van der Waals surface area contributed by atoms with Gasteiger partial charge in [0.1, 0.15) is 0 Å². The predicted molar refractivity (Wildman–Crippen MR) is 76.8 cm³/mol. The van der Waals surface area contributed by atoms with E-state index in [9.17, 15) is 4.79 Å². The molecule has 1 fully saturated rings. The Balaban J connectivity index is 2.14. The summed E-state index contributed by atoms with van der Waals surface area (Å²) in [6.45, 7) is 6.62.